The number of aryl methyl sites for hydroxylation is 2. The SMILES string of the molecule is COc1c(C)cc(C)cc1NC(=O)C1(C(=O)O)CC1. The number of ether oxygens (including phenoxy) is 1. The summed E-state index contributed by atoms with van der Waals surface area (Å²) in [6.45, 7) is 3.79. The molecule has 1 aromatic carbocycles. The summed E-state index contributed by atoms with van der Waals surface area (Å²) in [5, 5.41) is 11.8. The highest BCUT2D eigenvalue weighted by Crippen LogP contribution is 2.47. The van der Waals surface area contributed by atoms with Crippen molar-refractivity contribution < 1.29 is 19.4 Å². The molecule has 0 aromatic heterocycles. The van der Waals surface area contributed by atoms with E-state index in [-0.39, 0.29) is 0 Å². The van der Waals surface area contributed by atoms with Gasteiger partial charge in [0.2, 0.25) is 5.91 Å². The van der Waals surface area contributed by atoms with Crippen LogP contribution in [0.1, 0.15) is 24.0 Å². The smallest absolute Gasteiger partial charge is 0.319 e. The zero-order valence-electron chi connectivity index (χ0n) is 11.2. The number of carbonyl (C=O) groups excluding carboxylic acids is 1. The topological polar surface area (TPSA) is 75.6 Å². The molecule has 0 aliphatic heterocycles. The van der Waals surface area contributed by atoms with E-state index in [2.05, 4.69) is 5.32 Å². The molecule has 5 heteroatoms. The van der Waals surface area contributed by atoms with Gasteiger partial charge in [-0.15, -0.1) is 0 Å². The summed E-state index contributed by atoms with van der Waals surface area (Å²) in [5.74, 6) is -0.961. The second-order valence-electron chi connectivity index (χ2n) is 5.00. The Kier molecular flexibility index (Phi) is 3.22. The second-order valence-corrected chi connectivity index (χ2v) is 5.00. The van der Waals surface area contributed by atoms with Gasteiger partial charge in [-0.2, -0.15) is 0 Å². The van der Waals surface area contributed by atoms with Gasteiger partial charge < -0.3 is 15.2 Å². The molecular weight excluding hydrogens is 246 g/mol. The fourth-order valence-corrected chi connectivity index (χ4v) is 2.22. The highest BCUT2D eigenvalue weighted by molar-refractivity contribution is 6.11. The molecule has 1 saturated carbocycles. The van der Waals surface area contributed by atoms with Gasteiger partial charge >= 0.3 is 5.97 Å². The van der Waals surface area contributed by atoms with Crippen LogP contribution in [0.2, 0.25) is 0 Å². The number of anilines is 1. The number of methoxy groups -OCH3 is 1. The van der Waals surface area contributed by atoms with Crippen LogP contribution in [0.4, 0.5) is 5.69 Å². The minimum Gasteiger partial charge on any atom is -0.494 e. The maximum Gasteiger partial charge on any atom is 0.319 e. The summed E-state index contributed by atoms with van der Waals surface area (Å²) in [6.07, 6.45) is 0.780. The molecule has 0 unspecified atom stereocenters. The van der Waals surface area contributed by atoms with E-state index in [1.165, 1.54) is 7.11 Å². The third kappa shape index (κ3) is 2.28. The maximum absolute atomic E-state index is 12.1. The van der Waals surface area contributed by atoms with Crippen molar-refractivity contribution in [3.05, 3.63) is 23.3 Å². The van der Waals surface area contributed by atoms with E-state index in [4.69, 9.17) is 9.84 Å². The van der Waals surface area contributed by atoms with Crippen molar-refractivity contribution in [1.29, 1.82) is 0 Å². The van der Waals surface area contributed by atoms with Gasteiger partial charge in [-0.25, -0.2) is 0 Å². The fraction of sp³-hybridized carbons (Fsp3) is 0.429. The van der Waals surface area contributed by atoms with Gasteiger partial charge in [0.05, 0.1) is 12.8 Å². The van der Waals surface area contributed by atoms with Crippen LogP contribution >= 0.6 is 0 Å². The number of hydrogen-bond donors (Lipinski definition) is 2. The van der Waals surface area contributed by atoms with Crippen molar-refractivity contribution in [2.75, 3.05) is 12.4 Å². The molecule has 1 aliphatic rings. The predicted octanol–water partition coefficient (Wildman–Crippen LogP) is 2.12. The van der Waals surface area contributed by atoms with Crippen LogP contribution in [-0.4, -0.2) is 24.1 Å². The normalized spacial score (nSPS) is 15.7. The lowest BCUT2D eigenvalue weighted by molar-refractivity contribution is -0.147. The molecule has 0 heterocycles. The van der Waals surface area contributed by atoms with E-state index in [9.17, 15) is 9.59 Å². The quantitative estimate of drug-likeness (QED) is 0.816. The number of aliphatic carboxylic acids is 1. The van der Waals surface area contributed by atoms with Gasteiger partial charge in [0.25, 0.3) is 0 Å². The zero-order chi connectivity index (χ0) is 14.2. The minimum absolute atomic E-state index is 0.390. The molecule has 19 heavy (non-hydrogen) atoms. The number of carboxylic acids is 1. The lowest BCUT2D eigenvalue weighted by Crippen LogP contribution is -2.31. The van der Waals surface area contributed by atoms with Crippen LogP contribution in [0, 0.1) is 19.3 Å². The second kappa shape index (κ2) is 4.57. The maximum atomic E-state index is 12.1. The van der Waals surface area contributed by atoms with Crippen LogP contribution in [0.25, 0.3) is 0 Å². The van der Waals surface area contributed by atoms with E-state index >= 15 is 0 Å². The van der Waals surface area contributed by atoms with Gasteiger partial charge in [-0.05, 0) is 43.9 Å². The molecule has 0 saturated heterocycles. The van der Waals surface area contributed by atoms with Crippen molar-refractivity contribution >= 4 is 17.6 Å². The Hall–Kier alpha value is -2.04. The van der Waals surface area contributed by atoms with Crippen LogP contribution in [0.5, 0.6) is 5.75 Å². The fourth-order valence-electron chi connectivity index (χ4n) is 2.22. The highest BCUT2D eigenvalue weighted by atomic mass is 16.5. The number of amides is 1. The largest absolute Gasteiger partial charge is 0.494 e. The Morgan fingerprint density at radius 2 is 1.95 bits per heavy atom. The first-order chi connectivity index (χ1) is 8.90. The highest BCUT2D eigenvalue weighted by Gasteiger charge is 2.57. The summed E-state index contributed by atoms with van der Waals surface area (Å²) >= 11 is 0. The van der Waals surface area contributed by atoms with Crippen molar-refractivity contribution in [2.24, 2.45) is 5.41 Å². The average molecular weight is 263 g/mol. The van der Waals surface area contributed by atoms with Gasteiger partial charge in [0.15, 0.2) is 0 Å². The number of hydrogen-bond acceptors (Lipinski definition) is 3. The predicted molar refractivity (Wildman–Crippen MR) is 70.4 cm³/mol. The Labute approximate surface area is 111 Å². The Balaban J connectivity index is 2.29. The van der Waals surface area contributed by atoms with Crippen LogP contribution < -0.4 is 10.1 Å². The summed E-state index contributed by atoms with van der Waals surface area (Å²) in [6, 6.07) is 3.72. The van der Waals surface area contributed by atoms with Crippen LogP contribution in [0.3, 0.4) is 0 Å². The Bertz CT molecular complexity index is 547. The molecule has 1 amide bonds. The van der Waals surface area contributed by atoms with Gasteiger partial charge in [-0.1, -0.05) is 6.07 Å². The van der Waals surface area contributed by atoms with Crippen molar-refractivity contribution in [1.82, 2.24) is 0 Å². The minimum atomic E-state index is -1.25. The number of benzene rings is 1. The molecule has 0 bridgehead atoms. The van der Waals surface area contributed by atoms with E-state index in [1.54, 1.807) is 6.07 Å². The van der Waals surface area contributed by atoms with Gasteiger partial charge in [-0.3, -0.25) is 9.59 Å². The molecule has 0 radical (unpaired) electrons. The summed E-state index contributed by atoms with van der Waals surface area (Å²) in [7, 11) is 1.53. The number of carbonyl (C=O) groups is 2. The summed E-state index contributed by atoms with van der Waals surface area (Å²) in [4.78, 5) is 23.2. The van der Waals surface area contributed by atoms with Gasteiger partial charge in [0, 0.05) is 0 Å². The molecule has 1 fully saturated rings. The van der Waals surface area contributed by atoms with E-state index in [0.29, 0.717) is 24.3 Å². The van der Waals surface area contributed by atoms with Crippen molar-refractivity contribution in [3.8, 4) is 5.75 Å². The number of nitrogens with one attached hydrogen (secondary N) is 1. The monoisotopic (exact) mass is 263 g/mol. The Morgan fingerprint density at radius 1 is 1.32 bits per heavy atom. The first-order valence-corrected chi connectivity index (χ1v) is 6.11. The molecule has 102 valence electrons. The molecule has 0 spiro atoms. The number of rotatable bonds is 4. The average Bonchev–Trinajstić information content (AvgIpc) is 3.09. The Morgan fingerprint density at radius 3 is 2.42 bits per heavy atom. The lowest BCUT2D eigenvalue weighted by Gasteiger charge is -2.16. The molecular formula is C14H17NO4. The van der Waals surface area contributed by atoms with Crippen molar-refractivity contribution in [3.63, 3.8) is 0 Å². The van der Waals surface area contributed by atoms with Crippen LogP contribution in [-0.2, 0) is 9.59 Å². The molecule has 2 N–H and O–H groups in total. The first-order valence-electron chi connectivity index (χ1n) is 6.11. The van der Waals surface area contributed by atoms with Crippen molar-refractivity contribution in [2.45, 2.75) is 26.7 Å². The van der Waals surface area contributed by atoms with Crippen LogP contribution in [0.15, 0.2) is 12.1 Å². The third-order valence-electron chi connectivity index (χ3n) is 3.47. The molecule has 2 rings (SSSR count). The van der Waals surface area contributed by atoms with E-state index in [1.807, 2.05) is 19.9 Å². The molecule has 1 aromatic rings. The van der Waals surface area contributed by atoms with E-state index in [0.717, 1.165) is 11.1 Å². The molecule has 1 aliphatic carbocycles. The van der Waals surface area contributed by atoms with E-state index < -0.39 is 17.3 Å². The summed E-state index contributed by atoms with van der Waals surface area (Å²) < 4.78 is 5.26. The number of carboxylic acid groups (broad SMARTS) is 1. The standard InChI is InChI=1S/C14H17NO4/c1-8-6-9(2)11(19-3)10(7-8)15-12(16)14(4-5-14)13(17)18/h6-7H,4-5H2,1-3H3,(H,15,16)(H,17,18). The lowest BCUT2D eigenvalue weighted by atomic mass is 10.1. The first kappa shape index (κ1) is 13.4. The molecule has 0 atom stereocenters. The summed E-state index contributed by atoms with van der Waals surface area (Å²) in [5.41, 5.74) is 1.16. The van der Waals surface area contributed by atoms with Gasteiger partial charge in [0.1, 0.15) is 11.2 Å². The molecule has 5 nitrogen and oxygen atoms in total. The zero-order valence-corrected chi connectivity index (χ0v) is 11.2. The third-order valence-corrected chi connectivity index (χ3v) is 3.47.